The zero-order valence-corrected chi connectivity index (χ0v) is 11.2. The molecular formula is C13H15BrN2. The first-order chi connectivity index (χ1) is 7.58. The van der Waals surface area contributed by atoms with Gasteiger partial charge in [-0.3, -0.25) is 0 Å². The van der Waals surface area contributed by atoms with Gasteiger partial charge in [0.05, 0.1) is 5.56 Å². The van der Waals surface area contributed by atoms with Gasteiger partial charge >= 0.3 is 0 Å². The van der Waals surface area contributed by atoms with Crippen LogP contribution in [-0.2, 0) is 0 Å². The van der Waals surface area contributed by atoms with Gasteiger partial charge in [-0.05, 0) is 48.0 Å². The van der Waals surface area contributed by atoms with Crippen LogP contribution in [0.1, 0.15) is 19.4 Å². The smallest absolute Gasteiger partial charge is 0.100 e. The maximum absolute atomic E-state index is 8.84. The lowest BCUT2D eigenvalue weighted by atomic mass is 10.2. The van der Waals surface area contributed by atoms with E-state index >= 15 is 0 Å². The van der Waals surface area contributed by atoms with Crippen molar-refractivity contribution in [2.75, 3.05) is 18.0 Å². The summed E-state index contributed by atoms with van der Waals surface area (Å²) in [5, 5.41) is 8.84. The lowest BCUT2D eigenvalue weighted by Gasteiger charge is -2.23. The van der Waals surface area contributed by atoms with E-state index in [0.29, 0.717) is 5.56 Å². The van der Waals surface area contributed by atoms with Crippen LogP contribution in [0.3, 0.4) is 0 Å². The quantitative estimate of drug-likeness (QED) is 0.785. The van der Waals surface area contributed by atoms with Crippen LogP contribution in [0.2, 0.25) is 0 Å². The molecule has 1 aromatic rings. The molecule has 0 spiro atoms. The second-order valence-electron chi connectivity index (χ2n) is 3.75. The van der Waals surface area contributed by atoms with E-state index in [2.05, 4.69) is 40.4 Å². The minimum absolute atomic E-state index is 0.662. The Morgan fingerprint density at radius 1 is 1.56 bits per heavy atom. The topological polar surface area (TPSA) is 27.0 Å². The average Bonchev–Trinajstić information content (AvgIpc) is 2.25. The molecule has 3 heteroatoms. The normalized spacial score (nSPS) is 9.62. The number of nitriles is 1. The van der Waals surface area contributed by atoms with Crippen LogP contribution in [0.25, 0.3) is 0 Å². The minimum Gasteiger partial charge on any atom is -0.368 e. The molecule has 0 aliphatic rings. The SMILES string of the molecule is C=C(C)CN(CC)c1ccc(C#N)c(Br)c1. The highest BCUT2D eigenvalue weighted by Gasteiger charge is 2.06. The molecule has 0 fully saturated rings. The van der Waals surface area contributed by atoms with Crippen molar-refractivity contribution in [1.82, 2.24) is 0 Å². The minimum atomic E-state index is 0.662. The van der Waals surface area contributed by atoms with Gasteiger partial charge in [0.15, 0.2) is 0 Å². The zero-order chi connectivity index (χ0) is 12.1. The van der Waals surface area contributed by atoms with Gasteiger partial charge in [-0.1, -0.05) is 12.2 Å². The highest BCUT2D eigenvalue weighted by atomic mass is 79.9. The summed E-state index contributed by atoms with van der Waals surface area (Å²) in [7, 11) is 0. The fourth-order valence-corrected chi connectivity index (χ4v) is 1.96. The van der Waals surface area contributed by atoms with Gasteiger partial charge < -0.3 is 4.90 Å². The summed E-state index contributed by atoms with van der Waals surface area (Å²) in [4.78, 5) is 2.22. The highest BCUT2D eigenvalue weighted by Crippen LogP contribution is 2.24. The number of hydrogen-bond acceptors (Lipinski definition) is 2. The molecule has 0 heterocycles. The maximum atomic E-state index is 8.84. The molecule has 0 aliphatic carbocycles. The Kier molecular flexibility index (Phi) is 4.57. The van der Waals surface area contributed by atoms with Gasteiger partial charge in [-0.2, -0.15) is 5.26 Å². The van der Waals surface area contributed by atoms with Crippen molar-refractivity contribution in [3.63, 3.8) is 0 Å². The summed E-state index contributed by atoms with van der Waals surface area (Å²) in [5.74, 6) is 0. The molecule has 2 nitrogen and oxygen atoms in total. The van der Waals surface area contributed by atoms with Crippen LogP contribution in [0.5, 0.6) is 0 Å². The number of anilines is 1. The van der Waals surface area contributed by atoms with Crippen molar-refractivity contribution in [3.8, 4) is 6.07 Å². The number of nitrogens with zero attached hydrogens (tertiary/aromatic N) is 2. The molecule has 0 N–H and O–H groups in total. The average molecular weight is 279 g/mol. The van der Waals surface area contributed by atoms with Crippen molar-refractivity contribution in [3.05, 3.63) is 40.4 Å². The Labute approximate surface area is 105 Å². The van der Waals surface area contributed by atoms with Crippen LogP contribution >= 0.6 is 15.9 Å². The van der Waals surface area contributed by atoms with Crippen LogP contribution in [-0.4, -0.2) is 13.1 Å². The van der Waals surface area contributed by atoms with Crippen molar-refractivity contribution in [1.29, 1.82) is 5.26 Å². The molecule has 0 amide bonds. The lowest BCUT2D eigenvalue weighted by Crippen LogP contribution is -2.24. The van der Waals surface area contributed by atoms with E-state index in [-0.39, 0.29) is 0 Å². The Balaban J connectivity index is 2.99. The molecule has 1 rings (SSSR count). The standard InChI is InChI=1S/C13H15BrN2/c1-4-16(9-10(2)3)12-6-5-11(8-15)13(14)7-12/h5-7H,2,4,9H2,1,3H3. The van der Waals surface area contributed by atoms with E-state index in [1.807, 2.05) is 25.1 Å². The summed E-state index contributed by atoms with van der Waals surface area (Å²) in [6, 6.07) is 7.92. The number of halogens is 1. The summed E-state index contributed by atoms with van der Waals surface area (Å²) in [6.07, 6.45) is 0. The van der Waals surface area contributed by atoms with E-state index in [0.717, 1.165) is 28.8 Å². The first kappa shape index (κ1) is 12.8. The molecule has 0 bridgehead atoms. The highest BCUT2D eigenvalue weighted by molar-refractivity contribution is 9.10. The Bertz CT molecular complexity index is 432. The molecular weight excluding hydrogens is 264 g/mol. The van der Waals surface area contributed by atoms with Crippen LogP contribution in [0.4, 0.5) is 5.69 Å². The van der Waals surface area contributed by atoms with Crippen LogP contribution < -0.4 is 4.90 Å². The molecule has 0 aliphatic heterocycles. The summed E-state index contributed by atoms with van der Waals surface area (Å²) in [5.41, 5.74) is 2.90. The van der Waals surface area contributed by atoms with E-state index in [9.17, 15) is 0 Å². The van der Waals surface area contributed by atoms with Gasteiger partial charge in [0.2, 0.25) is 0 Å². The summed E-state index contributed by atoms with van der Waals surface area (Å²) < 4.78 is 0.840. The summed E-state index contributed by atoms with van der Waals surface area (Å²) in [6.45, 7) is 9.80. The lowest BCUT2D eigenvalue weighted by molar-refractivity contribution is 0.880. The van der Waals surface area contributed by atoms with Gasteiger partial charge in [0.25, 0.3) is 0 Å². The largest absolute Gasteiger partial charge is 0.368 e. The van der Waals surface area contributed by atoms with Gasteiger partial charge in [-0.15, -0.1) is 0 Å². The molecule has 1 aromatic carbocycles. The van der Waals surface area contributed by atoms with E-state index < -0.39 is 0 Å². The second kappa shape index (κ2) is 5.72. The van der Waals surface area contributed by atoms with Crippen LogP contribution in [0, 0.1) is 11.3 Å². The predicted molar refractivity (Wildman–Crippen MR) is 71.6 cm³/mol. The summed E-state index contributed by atoms with van der Waals surface area (Å²) >= 11 is 3.40. The monoisotopic (exact) mass is 278 g/mol. The molecule has 16 heavy (non-hydrogen) atoms. The number of hydrogen-bond donors (Lipinski definition) is 0. The van der Waals surface area contributed by atoms with E-state index in [1.165, 1.54) is 0 Å². The first-order valence-corrected chi connectivity index (χ1v) is 5.96. The Morgan fingerprint density at radius 3 is 2.69 bits per heavy atom. The molecule has 0 radical (unpaired) electrons. The molecule has 0 saturated heterocycles. The van der Waals surface area contributed by atoms with Gasteiger partial charge in [-0.25, -0.2) is 0 Å². The molecule has 0 atom stereocenters. The van der Waals surface area contributed by atoms with E-state index in [1.54, 1.807) is 0 Å². The Hall–Kier alpha value is -1.27. The van der Waals surface area contributed by atoms with Crippen LogP contribution in [0.15, 0.2) is 34.8 Å². The molecule has 0 aromatic heterocycles. The van der Waals surface area contributed by atoms with Crippen molar-refractivity contribution >= 4 is 21.6 Å². The van der Waals surface area contributed by atoms with E-state index in [4.69, 9.17) is 5.26 Å². The first-order valence-electron chi connectivity index (χ1n) is 5.17. The number of likely N-dealkylation sites (N-methyl/N-ethyl adjacent to an activating group) is 1. The molecule has 84 valence electrons. The molecule has 0 unspecified atom stereocenters. The maximum Gasteiger partial charge on any atom is 0.100 e. The van der Waals surface area contributed by atoms with Gasteiger partial charge in [0, 0.05) is 23.2 Å². The second-order valence-corrected chi connectivity index (χ2v) is 4.60. The molecule has 0 saturated carbocycles. The number of benzene rings is 1. The van der Waals surface area contributed by atoms with Crippen molar-refractivity contribution < 1.29 is 0 Å². The third-order valence-corrected chi connectivity index (χ3v) is 2.94. The number of rotatable bonds is 4. The van der Waals surface area contributed by atoms with Gasteiger partial charge in [0.1, 0.15) is 6.07 Å². The fraction of sp³-hybridized carbons (Fsp3) is 0.308. The van der Waals surface area contributed by atoms with Crippen molar-refractivity contribution in [2.24, 2.45) is 0 Å². The third kappa shape index (κ3) is 3.11. The zero-order valence-electron chi connectivity index (χ0n) is 9.63. The fourth-order valence-electron chi connectivity index (χ4n) is 1.50. The predicted octanol–water partition coefficient (Wildman–Crippen LogP) is 3.72. The third-order valence-electron chi connectivity index (χ3n) is 2.28. The van der Waals surface area contributed by atoms with Crippen molar-refractivity contribution in [2.45, 2.75) is 13.8 Å². The Morgan fingerprint density at radius 2 is 2.25 bits per heavy atom.